The van der Waals surface area contributed by atoms with E-state index in [9.17, 15) is 0 Å². The number of likely N-dealkylation sites (tertiary alicyclic amines) is 1. The Hall–Kier alpha value is -0.350. The lowest BCUT2D eigenvalue weighted by molar-refractivity contribution is 0.150. The summed E-state index contributed by atoms with van der Waals surface area (Å²) in [6.45, 7) is 6.24. The normalized spacial score (nSPS) is 26.1. The van der Waals surface area contributed by atoms with E-state index >= 15 is 0 Å². The van der Waals surface area contributed by atoms with Crippen molar-refractivity contribution >= 4 is 24.8 Å². The number of pyridine rings is 1. The summed E-state index contributed by atoms with van der Waals surface area (Å²) in [6.07, 6.45) is 6.35. The predicted octanol–water partition coefficient (Wildman–Crippen LogP) is 2.01. The topological polar surface area (TPSA) is 28.2 Å². The van der Waals surface area contributed by atoms with Crippen LogP contribution in [0.15, 0.2) is 24.5 Å². The van der Waals surface area contributed by atoms with E-state index in [0.29, 0.717) is 0 Å². The molecule has 1 aromatic rings. The van der Waals surface area contributed by atoms with Crippen LogP contribution < -0.4 is 5.32 Å². The Bertz CT molecular complexity index is 361. The fourth-order valence-corrected chi connectivity index (χ4v) is 3.15. The molecule has 19 heavy (non-hydrogen) atoms. The molecule has 0 bridgehead atoms. The highest BCUT2D eigenvalue weighted by Gasteiger charge is 2.32. The van der Waals surface area contributed by atoms with Crippen molar-refractivity contribution in [2.45, 2.75) is 12.8 Å². The van der Waals surface area contributed by atoms with Gasteiger partial charge in [0.2, 0.25) is 0 Å². The summed E-state index contributed by atoms with van der Waals surface area (Å²) in [6, 6.07) is 4.21. The third-order valence-electron chi connectivity index (χ3n) is 4.23. The van der Waals surface area contributed by atoms with Gasteiger partial charge in [-0.05, 0) is 55.9 Å². The number of nitrogens with zero attached hydrogens (tertiary/aromatic N) is 2. The highest BCUT2D eigenvalue weighted by molar-refractivity contribution is 5.85. The second-order valence-electron chi connectivity index (χ2n) is 5.38. The quantitative estimate of drug-likeness (QED) is 0.926. The number of rotatable bonds is 3. The zero-order valence-corrected chi connectivity index (χ0v) is 12.8. The van der Waals surface area contributed by atoms with Gasteiger partial charge in [-0.15, -0.1) is 24.8 Å². The molecule has 0 spiro atoms. The lowest BCUT2D eigenvalue weighted by Gasteiger charge is -2.34. The largest absolute Gasteiger partial charge is 0.316 e. The lowest BCUT2D eigenvalue weighted by Crippen LogP contribution is -2.40. The minimum Gasteiger partial charge on any atom is -0.316 e. The summed E-state index contributed by atoms with van der Waals surface area (Å²) in [5.41, 5.74) is 1.36. The second kappa shape index (κ2) is 8.05. The highest BCUT2D eigenvalue weighted by Crippen LogP contribution is 2.26. The lowest BCUT2D eigenvalue weighted by atomic mass is 9.88. The molecule has 2 atom stereocenters. The highest BCUT2D eigenvalue weighted by atomic mass is 35.5. The molecular formula is C14H23Cl2N3. The molecule has 0 radical (unpaired) electrons. The molecule has 2 aliphatic rings. The van der Waals surface area contributed by atoms with Gasteiger partial charge < -0.3 is 10.2 Å². The van der Waals surface area contributed by atoms with Gasteiger partial charge in [-0.25, -0.2) is 0 Å². The fourth-order valence-electron chi connectivity index (χ4n) is 3.15. The first-order valence-electron chi connectivity index (χ1n) is 6.74. The van der Waals surface area contributed by atoms with Crippen molar-refractivity contribution in [2.75, 3.05) is 32.7 Å². The minimum atomic E-state index is 0. The third-order valence-corrected chi connectivity index (χ3v) is 4.23. The molecule has 3 heterocycles. The van der Waals surface area contributed by atoms with Crippen LogP contribution in [0.2, 0.25) is 0 Å². The van der Waals surface area contributed by atoms with Crippen molar-refractivity contribution in [1.82, 2.24) is 15.2 Å². The average Bonchev–Trinajstić information content (AvgIpc) is 2.85. The van der Waals surface area contributed by atoms with Crippen molar-refractivity contribution in [3.63, 3.8) is 0 Å². The number of piperidine rings is 1. The Morgan fingerprint density at radius 3 is 2.89 bits per heavy atom. The van der Waals surface area contributed by atoms with Gasteiger partial charge in [-0.3, -0.25) is 4.98 Å². The first kappa shape index (κ1) is 16.7. The molecule has 3 nitrogen and oxygen atoms in total. The van der Waals surface area contributed by atoms with Gasteiger partial charge in [-0.2, -0.15) is 0 Å². The fraction of sp³-hybridized carbons (Fsp3) is 0.643. The molecule has 1 aromatic heterocycles. The van der Waals surface area contributed by atoms with Gasteiger partial charge in [0.05, 0.1) is 0 Å². The molecule has 0 aliphatic carbocycles. The number of halogens is 2. The first-order chi connectivity index (χ1) is 8.42. The first-order valence-corrected chi connectivity index (χ1v) is 6.74. The summed E-state index contributed by atoms with van der Waals surface area (Å²) >= 11 is 0. The molecule has 5 heteroatoms. The zero-order chi connectivity index (χ0) is 11.5. The van der Waals surface area contributed by atoms with Gasteiger partial charge in [0.25, 0.3) is 0 Å². The molecule has 2 saturated heterocycles. The molecule has 108 valence electrons. The van der Waals surface area contributed by atoms with Crippen LogP contribution in [-0.4, -0.2) is 42.6 Å². The number of nitrogens with one attached hydrogen (secondary N) is 1. The monoisotopic (exact) mass is 303 g/mol. The summed E-state index contributed by atoms with van der Waals surface area (Å²) in [4.78, 5) is 6.80. The van der Waals surface area contributed by atoms with Crippen LogP contribution in [0.1, 0.15) is 12.0 Å². The minimum absolute atomic E-state index is 0. The average molecular weight is 304 g/mol. The number of hydrogen-bond acceptors (Lipinski definition) is 3. The van der Waals surface area contributed by atoms with Gasteiger partial charge >= 0.3 is 0 Å². The van der Waals surface area contributed by atoms with E-state index in [-0.39, 0.29) is 24.8 Å². The van der Waals surface area contributed by atoms with Gasteiger partial charge in [-0.1, -0.05) is 6.07 Å². The standard InChI is InChI=1S/C14H21N3.2ClH/c1-2-12(8-15-5-1)3-6-17-7-4-13-9-16-10-14(13)11-17;;/h1-2,5,8,13-14,16H,3-4,6-7,9-11H2;2*1H. The van der Waals surface area contributed by atoms with E-state index in [4.69, 9.17) is 0 Å². The molecule has 0 saturated carbocycles. The molecule has 2 unspecified atom stereocenters. The third kappa shape index (κ3) is 4.32. The molecule has 2 aliphatic heterocycles. The molecule has 0 aromatic carbocycles. The van der Waals surface area contributed by atoms with Crippen molar-refractivity contribution < 1.29 is 0 Å². The Labute approximate surface area is 128 Å². The molecule has 2 fully saturated rings. The molecule has 3 rings (SSSR count). The van der Waals surface area contributed by atoms with Crippen LogP contribution >= 0.6 is 24.8 Å². The molecular weight excluding hydrogens is 281 g/mol. The van der Waals surface area contributed by atoms with Crippen LogP contribution in [0, 0.1) is 11.8 Å². The maximum absolute atomic E-state index is 4.17. The van der Waals surface area contributed by atoms with Gasteiger partial charge in [0.1, 0.15) is 0 Å². The summed E-state index contributed by atoms with van der Waals surface area (Å²) in [5.74, 6) is 1.85. The predicted molar refractivity (Wildman–Crippen MR) is 83.3 cm³/mol. The van der Waals surface area contributed by atoms with Crippen LogP contribution in [0.3, 0.4) is 0 Å². The Morgan fingerprint density at radius 1 is 1.26 bits per heavy atom. The van der Waals surface area contributed by atoms with Crippen LogP contribution in [0.4, 0.5) is 0 Å². The van der Waals surface area contributed by atoms with E-state index in [2.05, 4.69) is 21.3 Å². The van der Waals surface area contributed by atoms with Crippen LogP contribution in [0.25, 0.3) is 0 Å². The van der Waals surface area contributed by atoms with E-state index in [1.54, 1.807) is 0 Å². The Morgan fingerprint density at radius 2 is 2.11 bits per heavy atom. The van der Waals surface area contributed by atoms with E-state index in [1.807, 2.05) is 18.5 Å². The Kier molecular flexibility index (Phi) is 7.08. The molecule has 1 N–H and O–H groups in total. The van der Waals surface area contributed by atoms with Gasteiger partial charge in [0, 0.05) is 25.5 Å². The summed E-state index contributed by atoms with van der Waals surface area (Å²) < 4.78 is 0. The van der Waals surface area contributed by atoms with Crippen molar-refractivity contribution in [1.29, 1.82) is 0 Å². The maximum Gasteiger partial charge on any atom is 0.0300 e. The van der Waals surface area contributed by atoms with E-state index < -0.39 is 0 Å². The van der Waals surface area contributed by atoms with Crippen molar-refractivity contribution in [2.24, 2.45) is 11.8 Å². The van der Waals surface area contributed by atoms with Crippen LogP contribution in [0.5, 0.6) is 0 Å². The number of fused-ring (bicyclic) bond motifs is 1. The van der Waals surface area contributed by atoms with Crippen LogP contribution in [-0.2, 0) is 6.42 Å². The SMILES string of the molecule is Cl.Cl.c1cncc(CCN2CCC3CNCC3C2)c1. The number of hydrogen-bond donors (Lipinski definition) is 1. The summed E-state index contributed by atoms with van der Waals surface area (Å²) in [7, 11) is 0. The van der Waals surface area contributed by atoms with Gasteiger partial charge in [0.15, 0.2) is 0 Å². The van der Waals surface area contributed by atoms with E-state index in [1.165, 1.54) is 44.7 Å². The number of aromatic nitrogens is 1. The smallest absolute Gasteiger partial charge is 0.0300 e. The zero-order valence-electron chi connectivity index (χ0n) is 11.1. The Balaban J connectivity index is 0.000000902. The van der Waals surface area contributed by atoms with E-state index in [0.717, 1.165) is 18.3 Å². The maximum atomic E-state index is 4.17. The molecule has 0 amide bonds. The summed E-state index contributed by atoms with van der Waals surface area (Å²) in [5, 5.41) is 3.52. The van der Waals surface area contributed by atoms with Crippen molar-refractivity contribution in [3.8, 4) is 0 Å². The van der Waals surface area contributed by atoms with Crippen molar-refractivity contribution in [3.05, 3.63) is 30.1 Å². The second-order valence-corrected chi connectivity index (χ2v) is 5.38.